The van der Waals surface area contributed by atoms with Crippen LogP contribution in [0.15, 0.2) is 18.3 Å². The van der Waals surface area contributed by atoms with Crippen LogP contribution in [-0.2, 0) is 11.2 Å². The highest BCUT2D eigenvalue weighted by molar-refractivity contribution is 5.91. The third kappa shape index (κ3) is 2.04. The molecule has 5 heteroatoms. The van der Waals surface area contributed by atoms with E-state index in [1.807, 2.05) is 19.1 Å². The summed E-state index contributed by atoms with van der Waals surface area (Å²) in [5.41, 5.74) is 8.42. The smallest absolute Gasteiger partial charge is 0.320 e. The number of aryl methyl sites for hydroxylation is 1. The molecule has 4 N–H and O–H groups in total. The summed E-state index contributed by atoms with van der Waals surface area (Å²) in [6.07, 6.45) is 2.09. The number of nitrogens with two attached hydrogens (primary N) is 1. The van der Waals surface area contributed by atoms with E-state index in [1.165, 1.54) is 0 Å². The van der Waals surface area contributed by atoms with Crippen molar-refractivity contribution in [2.45, 2.75) is 19.4 Å². The fourth-order valence-corrected chi connectivity index (χ4v) is 2.13. The summed E-state index contributed by atoms with van der Waals surface area (Å²) in [6.45, 7) is 1.98. The highest BCUT2D eigenvalue weighted by Crippen LogP contribution is 2.30. The fourth-order valence-electron chi connectivity index (χ4n) is 2.13. The Morgan fingerprint density at radius 1 is 1.56 bits per heavy atom. The van der Waals surface area contributed by atoms with E-state index in [0.717, 1.165) is 27.8 Å². The van der Waals surface area contributed by atoms with Crippen LogP contribution < -0.4 is 10.5 Å². The van der Waals surface area contributed by atoms with Crippen LogP contribution in [0.3, 0.4) is 0 Å². The predicted molar refractivity (Wildman–Crippen MR) is 68.9 cm³/mol. The van der Waals surface area contributed by atoms with Gasteiger partial charge in [-0.25, -0.2) is 0 Å². The van der Waals surface area contributed by atoms with Gasteiger partial charge in [-0.2, -0.15) is 0 Å². The van der Waals surface area contributed by atoms with Gasteiger partial charge in [0, 0.05) is 18.0 Å². The fraction of sp³-hybridized carbons (Fsp3) is 0.308. The lowest BCUT2D eigenvalue weighted by atomic mass is 10.0. The van der Waals surface area contributed by atoms with Crippen LogP contribution in [0.5, 0.6) is 5.75 Å². The Morgan fingerprint density at radius 3 is 2.89 bits per heavy atom. The number of carboxylic acids is 1. The van der Waals surface area contributed by atoms with Crippen molar-refractivity contribution in [3.8, 4) is 5.75 Å². The van der Waals surface area contributed by atoms with Crippen molar-refractivity contribution in [1.29, 1.82) is 0 Å². The summed E-state index contributed by atoms with van der Waals surface area (Å²) in [6, 6.07) is 2.94. The molecule has 1 aromatic heterocycles. The van der Waals surface area contributed by atoms with Crippen LogP contribution in [-0.4, -0.2) is 29.2 Å². The standard InChI is InChI=1S/C13H16N2O3/c1-7-3-4-10(18-2)12-11(7)8(6-15-12)5-9(14)13(16)17/h3-4,6,9,15H,5,14H2,1-2H3,(H,16,17). The quantitative estimate of drug-likeness (QED) is 0.763. The molecule has 0 aliphatic heterocycles. The highest BCUT2D eigenvalue weighted by Gasteiger charge is 2.17. The zero-order valence-corrected chi connectivity index (χ0v) is 10.4. The Hall–Kier alpha value is -2.01. The van der Waals surface area contributed by atoms with Gasteiger partial charge in [0.2, 0.25) is 0 Å². The number of methoxy groups -OCH3 is 1. The summed E-state index contributed by atoms with van der Waals surface area (Å²) in [4.78, 5) is 13.9. The Morgan fingerprint density at radius 2 is 2.28 bits per heavy atom. The molecule has 0 radical (unpaired) electrons. The Balaban J connectivity index is 2.50. The SMILES string of the molecule is COc1ccc(C)c2c(CC(N)C(=O)O)c[nH]c12. The number of rotatable bonds is 4. The first kappa shape index (κ1) is 12.4. The number of aliphatic carboxylic acids is 1. The number of aromatic amines is 1. The second kappa shape index (κ2) is 4.70. The van der Waals surface area contributed by atoms with Crippen molar-refractivity contribution in [1.82, 2.24) is 4.98 Å². The number of hydrogen-bond donors (Lipinski definition) is 3. The molecule has 5 nitrogen and oxygen atoms in total. The predicted octanol–water partition coefficient (Wildman–Crippen LogP) is 1.44. The average Bonchev–Trinajstić information content (AvgIpc) is 2.74. The molecule has 0 saturated carbocycles. The summed E-state index contributed by atoms with van der Waals surface area (Å²) in [5.74, 6) is -0.254. The molecule has 0 bridgehead atoms. The number of ether oxygens (including phenoxy) is 1. The molecule has 0 fully saturated rings. The zero-order chi connectivity index (χ0) is 13.3. The monoisotopic (exact) mass is 248 g/mol. The van der Waals surface area contributed by atoms with Crippen molar-refractivity contribution in [3.63, 3.8) is 0 Å². The number of H-pyrrole nitrogens is 1. The molecule has 0 aliphatic carbocycles. The number of fused-ring (bicyclic) bond motifs is 1. The Labute approximate surface area is 105 Å². The van der Waals surface area contributed by atoms with E-state index in [1.54, 1.807) is 13.3 Å². The summed E-state index contributed by atoms with van der Waals surface area (Å²) < 4.78 is 5.27. The van der Waals surface area contributed by atoms with Crippen molar-refractivity contribution in [2.75, 3.05) is 7.11 Å². The van der Waals surface area contributed by atoms with E-state index in [4.69, 9.17) is 15.6 Å². The van der Waals surface area contributed by atoms with Crippen molar-refractivity contribution in [2.24, 2.45) is 5.73 Å². The van der Waals surface area contributed by atoms with Crippen LogP contribution >= 0.6 is 0 Å². The molecular formula is C13H16N2O3. The first-order chi connectivity index (χ1) is 8.54. The van der Waals surface area contributed by atoms with Crippen molar-refractivity contribution in [3.05, 3.63) is 29.5 Å². The topological polar surface area (TPSA) is 88.3 Å². The lowest BCUT2D eigenvalue weighted by Crippen LogP contribution is -2.32. The van der Waals surface area contributed by atoms with Crippen molar-refractivity contribution >= 4 is 16.9 Å². The number of hydrogen-bond acceptors (Lipinski definition) is 3. The van der Waals surface area contributed by atoms with E-state index < -0.39 is 12.0 Å². The van der Waals surface area contributed by atoms with Gasteiger partial charge >= 0.3 is 5.97 Å². The third-order valence-electron chi connectivity index (χ3n) is 3.06. The number of aromatic nitrogens is 1. The lowest BCUT2D eigenvalue weighted by molar-refractivity contribution is -0.138. The second-order valence-corrected chi connectivity index (χ2v) is 4.30. The minimum absolute atomic E-state index is 0.295. The molecule has 0 aliphatic rings. The maximum absolute atomic E-state index is 10.8. The molecule has 2 aromatic rings. The molecule has 0 amide bonds. The number of carboxylic acid groups (broad SMARTS) is 1. The molecule has 2 rings (SSSR count). The van der Waals surface area contributed by atoms with Gasteiger partial charge in [-0.1, -0.05) is 6.07 Å². The molecule has 1 unspecified atom stereocenters. The second-order valence-electron chi connectivity index (χ2n) is 4.30. The maximum Gasteiger partial charge on any atom is 0.320 e. The first-order valence-electron chi connectivity index (χ1n) is 5.66. The molecule has 1 heterocycles. The number of benzene rings is 1. The molecular weight excluding hydrogens is 232 g/mol. The molecule has 0 saturated heterocycles. The van der Waals surface area contributed by atoms with Gasteiger partial charge in [-0.15, -0.1) is 0 Å². The highest BCUT2D eigenvalue weighted by atomic mass is 16.5. The average molecular weight is 248 g/mol. The molecule has 1 atom stereocenters. The summed E-state index contributed by atoms with van der Waals surface area (Å²) in [7, 11) is 1.60. The lowest BCUT2D eigenvalue weighted by Gasteiger charge is -2.08. The van der Waals surface area contributed by atoms with E-state index in [0.29, 0.717) is 6.42 Å². The van der Waals surface area contributed by atoms with Crippen LogP contribution in [0.4, 0.5) is 0 Å². The number of carbonyl (C=O) groups is 1. The van der Waals surface area contributed by atoms with Crippen LogP contribution in [0.2, 0.25) is 0 Å². The Kier molecular flexibility index (Phi) is 3.25. The van der Waals surface area contributed by atoms with Gasteiger partial charge in [-0.05, 0) is 24.1 Å². The van der Waals surface area contributed by atoms with Gasteiger partial charge in [-0.3, -0.25) is 4.79 Å². The summed E-state index contributed by atoms with van der Waals surface area (Å²) >= 11 is 0. The van der Waals surface area contributed by atoms with E-state index in [-0.39, 0.29) is 0 Å². The minimum atomic E-state index is -0.995. The van der Waals surface area contributed by atoms with Crippen LogP contribution in [0.1, 0.15) is 11.1 Å². The van der Waals surface area contributed by atoms with Gasteiger partial charge < -0.3 is 20.6 Å². The van der Waals surface area contributed by atoms with Gasteiger partial charge in [0.15, 0.2) is 0 Å². The first-order valence-corrected chi connectivity index (χ1v) is 5.66. The molecule has 1 aromatic carbocycles. The third-order valence-corrected chi connectivity index (χ3v) is 3.06. The van der Waals surface area contributed by atoms with Gasteiger partial charge in [0.05, 0.1) is 12.6 Å². The van der Waals surface area contributed by atoms with E-state index >= 15 is 0 Å². The number of nitrogens with one attached hydrogen (secondary N) is 1. The van der Waals surface area contributed by atoms with Crippen molar-refractivity contribution < 1.29 is 14.6 Å². The Bertz CT molecular complexity index is 589. The van der Waals surface area contributed by atoms with Crippen LogP contribution in [0.25, 0.3) is 10.9 Å². The molecule has 0 spiro atoms. The normalized spacial score (nSPS) is 12.6. The largest absolute Gasteiger partial charge is 0.495 e. The zero-order valence-electron chi connectivity index (χ0n) is 10.4. The summed E-state index contributed by atoms with van der Waals surface area (Å²) in [5, 5.41) is 9.85. The van der Waals surface area contributed by atoms with E-state index in [2.05, 4.69) is 4.98 Å². The van der Waals surface area contributed by atoms with Gasteiger partial charge in [0.25, 0.3) is 0 Å². The van der Waals surface area contributed by atoms with Crippen LogP contribution in [0, 0.1) is 6.92 Å². The van der Waals surface area contributed by atoms with E-state index in [9.17, 15) is 4.79 Å². The van der Waals surface area contributed by atoms with Gasteiger partial charge in [0.1, 0.15) is 11.8 Å². The molecule has 96 valence electrons. The maximum atomic E-state index is 10.8. The minimum Gasteiger partial charge on any atom is -0.495 e. The molecule has 18 heavy (non-hydrogen) atoms.